The van der Waals surface area contributed by atoms with Gasteiger partial charge in [-0.3, -0.25) is 0 Å². The minimum atomic E-state index is 0.293. The van der Waals surface area contributed by atoms with Gasteiger partial charge in [-0.1, -0.05) is 13.8 Å². The van der Waals surface area contributed by atoms with E-state index in [2.05, 4.69) is 19.2 Å². The molecule has 0 saturated heterocycles. The molecule has 0 unspecified atom stereocenters. The van der Waals surface area contributed by atoms with Gasteiger partial charge in [0.1, 0.15) is 0 Å². The minimum absolute atomic E-state index is 0.293. The van der Waals surface area contributed by atoms with Gasteiger partial charge in [-0.05, 0) is 31.1 Å². The summed E-state index contributed by atoms with van der Waals surface area (Å²) in [5, 5.41) is 12.4. The van der Waals surface area contributed by atoms with E-state index in [-0.39, 0.29) is 0 Å². The molecule has 0 aromatic carbocycles. The third-order valence-corrected chi connectivity index (χ3v) is 3.31. The van der Waals surface area contributed by atoms with Crippen molar-refractivity contribution in [3.63, 3.8) is 0 Å². The fraction of sp³-hybridized carbons (Fsp3) is 1.00. The van der Waals surface area contributed by atoms with Crippen LogP contribution >= 0.6 is 0 Å². The summed E-state index contributed by atoms with van der Waals surface area (Å²) in [6, 6.07) is 0.642. The quantitative estimate of drug-likeness (QED) is 0.677. The smallest absolute Gasteiger partial charge is 0.0601 e. The van der Waals surface area contributed by atoms with Gasteiger partial charge in [0, 0.05) is 26.3 Å². The van der Waals surface area contributed by atoms with E-state index in [0.717, 1.165) is 32.2 Å². The molecule has 0 aromatic heterocycles. The van der Waals surface area contributed by atoms with E-state index in [1.54, 1.807) is 7.11 Å². The fourth-order valence-electron chi connectivity index (χ4n) is 1.99. The van der Waals surface area contributed by atoms with Crippen LogP contribution in [-0.4, -0.2) is 37.5 Å². The zero-order chi connectivity index (χ0) is 11.3. The summed E-state index contributed by atoms with van der Waals surface area (Å²) in [6.45, 7) is 5.84. The first-order valence-electron chi connectivity index (χ1n) is 5.94. The molecule has 3 heteroatoms. The predicted molar refractivity (Wildman–Crippen MR) is 61.9 cm³/mol. The number of hydrogen-bond acceptors (Lipinski definition) is 3. The lowest BCUT2D eigenvalue weighted by Gasteiger charge is -2.37. The van der Waals surface area contributed by atoms with E-state index in [1.165, 1.54) is 0 Å². The summed E-state index contributed by atoms with van der Waals surface area (Å²) in [7, 11) is 1.78. The highest BCUT2D eigenvalue weighted by molar-refractivity contribution is 4.87. The number of ether oxygens (including phenoxy) is 1. The second kappa shape index (κ2) is 5.83. The largest absolute Gasteiger partial charge is 0.396 e. The van der Waals surface area contributed by atoms with Gasteiger partial charge in [0.05, 0.1) is 6.10 Å². The minimum Gasteiger partial charge on any atom is -0.396 e. The maximum atomic E-state index is 8.79. The van der Waals surface area contributed by atoms with Gasteiger partial charge in [0.25, 0.3) is 0 Å². The van der Waals surface area contributed by atoms with Gasteiger partial charge >= 0.3 is 0 Å². The molecule has 1 rings (SSSR count). The van der Waals surface area contributed by atoms with Crippen LogP contribution in [0.2, 0.25) is 0 Å². The Morgan fingerprint density at radius 3 is 2.60 bits per heavy atom. The molecule has 15 heavy (non-hydrogen) atoms. The van der Waals surface area contributed by atoms with Crippen LogP contribution in [0.4, 0.5) is 0 Å². The van der Waals surface area contributed by atoms with Crippen LogP contribution in [0.1, 0.15) is 39.5 Å². The molecule has 1 fully saturated rings. The standard InChI is InChI=1S/C12H25NO2/c1-12(2,5-4-6-14)9-13-10-7-11(8-10)15-3/h10-11,13-14H,4-9H2,1-3H3. The van der Waals surface area contributed by atoms with E-state index >= 15 is 0 Å². The van der Waals surface area contributed by atoms with Crippen LogP contribution in [0.5, 0.6) is 0 Å². The van der Waals surface area contributed by atoms with Crippen molar-refractivity contribution in [2.45, 2.75) is 51.7 Å². The first-order valence-corrected chi connectivity index (χ1v) is 5.94. The lowest BCUT2D eigenvalue weighted by molar-refractivity contribution is 0.0146. The molecule has 2 N–H and O–H groups in total. The second-order valence-corrected chi connectivity index (χ2v) is 5.40. The lowest BCUT2D eigenvalue weighted by Crippen LogP contribution is -2.47. The zero-order valence-electron chi connectivity index (χ0n) is 10.3. The molecule has 90 valence electrons. The maximum Gasteiger partial charge on any atom is 0.0601 e. The molecule has 0 amide bonds. The summed E-state index contributed by atoms with van der Waals surface area (Å²) in [5.41, 5.74) is 0.293. The van der Waals surface area contributed by atoms with Crippen molar-refractivity contribution < 1.29 is 9.84 Å². The monoisotopic (exact) mass is 215 g/mol. The Bertz CT molecular complexity index is 176. The van der Waals surface area contributed by atoms with E-state index in [4.69, 9.17) is 9.84 Å². The third-order valence-electron chi connectivity index (χ3n) is 3.31. The molecule has 0 atom stereocenters. The Kier molecular flexibility index (Phi) is 5.03. The summed E-state index contributed by atoms with van der Waals surface area (Å²) >= 11 is 0. The number of aliphatic hydroxyl groups is 1. The van der Waals surface area contributed by atoms with Gasteiger partial charge in [-0.2, -0.15) is 0 Å². The lowest BCUT2D eigenvalue weighted by atomic mass is 9.85. The highest BCUT2D eigenvalue weighted by atomic mass is 16.5. The predicted octanol–water partition coefficient (Wildman–Crippen LogP) is 1.55. The van der Waals surface area contributed by atoms with Crippen molar-refractivity contribution in [2.24, 2.45) is 5.41 Å². The number of nitrogens with one attached hydrogen (secondary N) is 1. The molecule has 0 bridgehead atoms. The van der Waals surface area contributed by atoms with Crippen molar-refractivity contribution in [1.82, 2.24) is 5.32 Å². The number of hydrogen-bond donors (Lipinski definition) is 2. The molecule has 0 heterocycles. The van der Waals surface area contributed by atoms with Crippen LogP contribution in [-0.2, 0) is 4.74 Å². The summed E-state index contributed by atoms with van der Waals surface area (Å²) in [6.07, 6.45) is 4.75. The average molecular weight is 215 g/mol. The molecule has 0 aromatic rings. The average Bonchev–Trinajstić information content (AvgIpc) is 2.13. The first-order chi connectivity index (χ1) is 7.07. The molecule has 3 nitrogen and oxygen atoms in total. The third kappa shape index (κ3) is 4.49. The Labute approximate surface area is 93.2 Å². The van der Waals surface area contributed by atoms with Gasteiger partial charge < -0.3 is 15.2 Å². The van der Waals surface area contributed by atoms with E-state index in [1.807, 2.05) is 0 Å². The Balaban J connectivity index is 2.08. The SMILES string of the molecule is COC1CC(NCC(C)(C)CCCO)C1. The van der Waals surface area contributed by atoms with Crippen LogP contribution < -0.4 is 5.32 Å². The highest BCUT2D eigenvalue weighted by Crippen LogP contribution is 2.25. The van der Waals surface area contributed by atoms with Crippen molar-refractivity contribution in [1.29, 1.82) is 0 Å². The summed E-state index contributed by atoms with van der Waals surface area (Å²) in [4.78, 5) is 0. The number of aliphatic hydroxyl groups excluding tert-OH is 1. The van der Waals surface area contributed by atoms with Crippen molar-refractivity contribution in [3.8, 4) is 0 Å². The normalized spacial score (nSPS) is 26.4. The van der Waals surface area contributed by atoms with Crippen LogP contribution in [0.15, 0.2) is 0 Å². The first kappa shape index (κ1) is 12.9. The molecule has 0 spiro atoms. The van der Waals surface area contributed by atoms with Gasteiger partial charge in [0.15, 0.2) is 0 Å². The van der Waals surface area contributed by atoms with Gasteiger partial charge in [0.2, 0.25) is 0 Å². The maximum absolute atomic E-state index is 8.79. The number of rotatable bonds is 7. The molecule has 0 radical (unpaired) electrons. The molecular weight excluding hydrogens is 190 g/mol. The van der Waals surface area contributed by atoms with E-state index < -0.39 is 0 Å². The van der Waals surface area contributed by atoms with Crippen LogP contribution in [0.25, 0.3) is 0 Å². The molecule has 1 saturated carbocycles. The summed E-state index contributed by atoms with van der Waals surface area (Å²) in [5.74, 6) is 0. The van der Waals surface area contributed by atoms with Crippen LogP contribution in [0, 0.1) is 5.41 Å². The van der Waals surface area contributed by atoms with Crippen LogP contribution in [0.3, 0.4) is 0 Å². The van der Waals surface area contributed by atoms with Gasteiger partial charge in [-0.25, -0.2) is 0 Å². The molecular formula is C12H25NO2. The number of methoxy groups -OCH3 is 1. The fourth-order valence-corrected chi connectivity index (χ4v) is 1.99. The summed E-state index contributed by atoms with van der Waals surface area (Å²) < 4.78 is 5.24. The van der Waals surface area contributed by atoms with E-state index in [9.17, 15) is 0 Å². The van der Waals surface area contributed by atoms with Crippen molar-refractivity contribution in [2.75, 3.05) is 20.3 Å². The van der Waals surface area contributed by atoms with Gasteiger partial charge in [-0.15, -0.1) is 0 Å². The Morgan fingerprint density at radius 2 is 2.07 bits per heavy atom. The van der Waals surface area contributed by atoms with E-state index in [0.29, 0.717) is 24.2 Å². The molecule has 1 aliphatic rings. The Hall–Kier alpha value is -0.120. The van der Waals surface area contributed by atoms with Crippen molar-refractivity contribution >= 4 is 0 Å². The molecule has 0 aliphatic heterocycles. The second-order valence-electron chi connectivity index (χ2n) is 5.40. The highest BCUT2D eigenvalue weighted by Gasteiger charge is 2.29. The van der Waals surface area contributed by atoms with Crippen molar-refractivity contribution in [3.05, 3.63) is 0 Å². The Morgan fingerprint density at radius 1 is 1.40 bits per heavy atom. The molecule has 1 aliphatic carbocycles. The topological polar surface area (TPSA) is 41.5 Å². The zero-order valence-corrected chi connectivity index (χ0v) is 10.3.